The number of hydrogen-bond donors (Lipinski definition) is 1. The van der Waals surface area contributed by atoms with Crippen LogP contribution in [0.4, 0.5) is 0 Å². The summed E-state index contributed by atoms with van der Waals surface area (Å²) in [6.45, 7) is 0. The Morgan fingerprint density at radius 3 is 1.88 bits per heavy atom. The average molecular weight is 229 g/mol. The van der Waals surface area contributed by atoms with Gasteiger partial charge < -0.3 is 24.9 Å². The Bertz CT molecular complexity index is 339. The van der Waals surface area contributed by atoms with Crippen molar-refractivity contribution in [3.63, 3.8) is 0 Å². The Balaban J connectivity index is 0.00000225. The van der Waals surface area contributed by atoms with Crippen molar-refractivity contribution < 1.29 is 24.9 Å². The lowest BCUT2D eigenvalue weighted by molar-refractivity contribution is 0.320. The number of rotatable bonds is 4. The molecule has 1 aromatic rings. The molecule has 0 amide bonds. The lowest BCUT2D eigenvalue weighted by Gasteiger charge is -2.12. The monoisotopic (exact) mass is 229 g/mol. The fourth-order valence-electron chi connectivity index (χ4n) is 1.24. The second-order valence-electron chi connectivity index (χ2n) is 2.70. The maximum atomic E-state index is 8.43. The minimum atomic E-state index is 0. The highest BCUT2D eigenvalue weighted by Gasteiger charge is 2.12. The van der Waals surface area contributed by atoms with Crippen molar-refractivity contribution >= 4 is 6.21 Å². The molecule has 0 saturated heterocycles. The summed E-state index contributed by atoms with van der Waals surface area (Å²) in [6.07, 6.45) is 1.28. The van der Waals surface area contributed by atoms with Gasteiger partial charge in [-0.05, 0) is 12.1 Å². The molecule has 90 valence electrons. The topological polar surface area (TPSA) is 91.8 Å². The van der Waals surface area contributed by atoms with Gasteiger partial charge in [0, 0.05) is 5.56 Å². The predicted molar refractivity (Wildman–Crippen MR) is 59.1 cm³/mol. The van der Waals surface area contributed by atoms with Gasteiger partial charge in [0.1, 0.15) is 0 Å². The number of methoxy groups -OCH3 is 3. The van der Waals surface area contributed by atoms with E-state index in [2.05, 4.69) is 5.16 Å². The van der Waals surface area contributed by atoms with Crippen molar-refractivity contribution in [1.29, 1.82) is 0 Å². The van der Waals surface area contributed by atoms with Crippen molar-refractivity contribution in [2.45, 2.75) is 0 Å². The molecular weight excluding hydrogens is 214 g/mol. The van der Waals surface area contributed by atoms with Crippen LogP contribution in [0.5, 0.6) is 17.2 Å². The van der Waals surface area contributed by atoms with E-state index < -0.39 is 0 Å². The van der Waals surface area contributed by atoms with Crippen LogP contribution in [-0.4, -0.2) is 38.2 Å². The Hall–Kier alpha value is -1.95. The lowest BCUT2D eigenvalue weighted by Crippen LogP contribution is -1.96. The van der Waals surface area contributed by atoms with Crippen LogP contribution >= 0.6 is 0 Å². The summed E-state index contributed by atoms with van der Waals surface area (Å²) < 4.78 is 15.4. The van der Waals surface area contributed by atoms with E-state index >= 15 is 0 Å². The highest BCUT2D eigenvalue weighted by atomic mass is 16.5. The van der Waals surface area contributed by atoms with Gasteiger partial charge in [-0.25, -0.2) is 0 Å². The summed E-state index contributed by atoms with van der Waals surface area (Å²) >= 11 is 0. The second kappa shape index (κ2) is 6.52. The first-order chi connectivity index (χ1) is 7.26. The molecule has 0 aliphatic heterocycles. The van der Waals surface area contributed by atoms with Crippen molar-refractivity contribution in [3.8, 4) is 17.2 Å². The summed E-state index contributed by atoms with van der Waals surface area (Å²) in [7, 11) is 4.58. The van der Waals surface area contributed by atoms with Crippen LogP contribution in [-0.2, 0) is 0 Å². The zero-order valence-electron chi connectivity index (χ0n) is 9.35. The summed E-state index contributed by atoms with van der Waals surface area (Å²) in [6, 6.07) is 3.36. The molecule has 0 radical (unpaired) electrons. The second-order valence-corrected chi connectivity index (χ2v) is 2.70. The minimum Gasteiger partial charge on any atom is -0.493 e. The van der Waals surface area contributed by atoms with Crippen LogP contribution in [0.25, 0.3) is 0 Å². The molecule has 0 bridgehead atoms. The molecule has 0 aromatic heterocycles. The minimum absolute atomic E-state index is 0. The first kappa shape index (κ1) is 14.1. The van der Waals surface area contributed by atoms with E-state index in [-0.39, 0.29) is 5.48 Å². The number of benzene rings is 1. The number of nitrogens with zero attached hydrogens (tertiary/aromatic N) is 1. The van der Waals surface area contributed by atoms with Crippen LogP contribution in [0.2, 0.25) is 0 Å². The van der Waals surface area contributed by atoms with E-state index in [4.69, 9.17) is 19.4 Å². The molecule has 6 heteroatoms. The van der Waals surface area contributed by atoms with Crippen LogP contribution in [0.3, 0.4) is 0 Å². The third kappa shape index (κ3) is 2.77. The molecule has 0 atom stereocenters. The number of oxime groups is 1. The first-order valence-corrected chi connectivity index (χ1v) is 4.24. The van der Waals surface area contributed by atoms with Gasteiger partial charge in [0.2, 0.25) is 5.75 Å². The van der Waals surface area contributed by atoms with Crippen molar-refractivity contribution in [1.82, 2.24) is 0 Å². The summed E-state index contributed by atoms with van der Waals surface area (Å²) in [5, 5.41) is 11.4. The molecule has 0 saturated carbocycles. The van der Waals surface area contributed by atoms with Gasteiger partial charge in [-0.15, -0.1) is 0 Å². The quantitative estimate of drug-likeness (QED) is 0.467. The lowest BCUT2D eigenvalue weighted by atomic mass is 10.2. The molecule has 1 aromatic carbocycles. The fraction of sp³-hybridized carbons (Fsp3) is 0.300. The molecule has 16 heavy (non-hydrogen) atoms. The van der Waals surface area contributed by atoms with Gasteiger partial charge in [-0.3, -0.25) is 0 Å². The van der Waals surface area contributed by atoms with Crippen LogP contribution in [0.1, 0.15) is 5.56 Å². The van der Waals surface area contributed by atoms with Crippen LogP contribution in [0.15, 0.2) is 17.3 Å². The maximum absolute atomic E-state index is 8.43. The third-order valence-corrected chi connectivity index (χ3v) is 1.89. The zero-order chi connectivity index (χ0) is 11.3. The van der Waals surface area contributed by atoms with Gasteiger partial charge in [0.05, 0.1) is 27.5 Å². The molecule has 0 heterocycles. The smallest absolute Gasteiger partial charge is 0.203 e. The Morgan fingerprint density at radius 2 is 1.56 bits per heavy atom. The van der Waals surface area contributed by atoms with E-state index in [1.54, 1.807) is 12.1 Å². The molecule has 0 aliphatic carbocycles. The van der Waals surface area contributed by atoms with Gasteiger partial charge in [0.25, 0.3) is 0 Å². The van der Waals surface area contributed by atoms with Crippen molar-refractivity contribution in [2.24, 2.45) is 5.16 Å². The van der Waals surface area contributed by atoms with Gasteiger partial charge in [0.15, 0.2) is 11.5 Å². The largest absolute Gasteiger partial charge is 0.493 e. The molecule has 6 nitrogen and oxygen atoms in total. The number of ether oxygens (including phenoxy) is 3. The zero-order valence-corrected chi connectivity index (χ0v) is 9.35. The van der Waals surface area contributed by atoms with E-state index in [0.717, 1.165) is 0 Å². The maximum Gasteiger partial charge on any atom is 0.203 e. The predicted octanol–water partition coefficient (Wildman–Crippen LogP) is 0.696. The van der Waals surface area contributed by atoms with E-state index in [1.165, 1.54) is 27.5 Å². The third-order valence-electron chi connectivity index (χ3n) is 1.89. The Labute approximate surface area is 93.4 Å². The van der Waals surface area contributed by atoms with Gasteiger partial charge >= 0.3 is 0 Å². The average Bonchev–Trinajstić information content (AvgIpc) is 2.28. The molecular formula is C10H15NO5. The van der Waals surface area contributed by atoms with Crippen LogP contribution in [0, 0.1) is 0 Å². The van der Waals surface area contributed by atoms with Crippen molar-refractivity contribution in [3.05, 3.63) is 17.7 Å². The molecule has 0 unspecified atom stereocenters. The van der Waals surface area contributed by atoms with Crippen molar-refractivity contribution in [2.75, 3.05) is 21.3 Å². The summed E-state index contributed by atoms with van der Waals surface area (Å²) in [5.41, 5.74) is 0.659. The summed E-state index contributed by atoms with van der Waals surface area (Å²) in [4.78, 5) is 0. The summed E-state index contributed by atoms with van der Waals surface area (Å²) in [5.74, 6) is 1.55. The van der Waals surface area contributed by atoms with E-state index in [9.17, 15) is 0 Å². The van der Waals surface area contributed by atoms with Gasteiger partial charge in [-0.2, -0.15) is 0 Å². The normalized spacial score (nSPS) is 9.69. The first-order valence-electron chi connectivity index (χ1n) is 4.24. The Morgan fingerprint density at radius 1 is 1.06 bits per heavy atom. The highest BCUT2D eigenvalue weighted by molar-refractivity contribution is 5.82. The standard InChI is InChI=1S/C10H13NO4.H2O/c1-13-8-4-7(6-11-12)5-9(14-2)10(8)15-3;/h4-6,12H,1-3H3;1H2. The van der Waals surface area contributed by atoms with E-state index in [1.807, 2.05) is 0 Å². The Kier molecular flexibility index (Phi) is 5.72. The molecule has 0 aliphatic rings. The van der Waals surface area contributed by atoms with Gasteiger partial charge in [-0.1, -0.05) is 5.16 Å². The SMILES string of the molecule is COc1cc(C=NO)cc(OC)c1OC.O. The highest BCUT2D eigenvalue weighted by Crippen LogP contribution is 2.37. The molecule has 0 spiro atoms. The van der Waals surface area contributed by atoms with E-state index in [0.29, 0.717) is 22.8 Å². The molecule has 1 rings (SSSR count). The van der Waals surface area contributed by atoms with Crippen LogP contribution < -0.4 is 14.2 Å². The fourth-order valence-corrected chi connectivity index (χ4v) is 1.24. The number of hydrogen-bond acceptors (Lipinski definition) is 5. The molecule has 3 N–H and O–H groups in total. The molecule has 0 fully saturated rings.